The van der Waals surface area contributed by atoms with Gasteiger partial charge in [0.05, 0.1) is 17.5 Å². The molecule has 6 heteroatoms. The van der Waals surface area contributed by atoms with Crippen LogP contribution < -0.4 is 0 Å². The molecule has 0 aliphatic carbocycles. The number of nitrogens with zero attached hydrogens (tertiary/aromatic N) is 3. The molecule has 0 spiro atoms. The molecular weight excluding hydrogens is 270 g/mol. The quantitative estimate of drug-likeness (QED) is 0.916. The molecule has 0 aromatic carbocycles. The average Bonchev–Trinajstić information content (AvgIpc) is 3.07. The summed E-state index contributed by atoms with van der Waals surface area (Å²) in [6.45, 7) is 1.62. The highest BCUT2D eigenvalue weighted by atomic mass is 16.4. The summed E-state index contributed by atoms with van der Waals surface area (Å²) in [5.41, 5.74) is 1.76. The smallest absolute Gasteiger partial charge is 0.303 e. The Labute approximate surface area is 123 Å². The Bertz CT molecular complexity index is 552. The second kappa shape index (κ2) is 5.87. The minimum atomic E-state index is -0.792. The SMILES string of the molecule is O=C(O)CCC1CCCCN1C(=O)c1cnn2c1CCC2. The van der Waals surface area contributed by atoms with Gasteiger partial charge in [-0.2, -0.15) is 5.10 Å². The predicted octanol–water partition coefficient (Wildman–Crippen LogP) is 1.69. The zero-order valence-corrected chi connectivity index (χ0v) is 12.1. The summed E-state index contributed by atoms with van der Waals surface area (Å²) in [4.78, 5) is 25.5. The van der Waals surface area contributed by atoms with Crippen LogP contribution in [0.5, 0.6) is 0 Å². The maximum absolute atomic E-state index is 12.8. The van der Waals surface area contributed by atoms with E-state index in [1.807, 2.05) is 9.58 Å². The van der Waals surface area contributed by atoms with Crippen molar-refractivity contribution in [3.8, 4) is 0 Å². The van der Waals surface area contributed by atoms with E-state index >= 15 is 0 Å². The van der Waals surface area contributed by atoms with E-state index in [4.69, 9.17) is 5.11 Å². The van der Waals surface area contributed by atoms with E-state index in [1.54, 1.807) is 6.20 Å². The van der Waals surface area contributed by atoms with Crippen molar-refractivity contribution in [2.75, 3.05) is 6.54 Å². The van der Waals surface area contributed by atoms with Gasteiger partial charge >= 0.3 is 5.97 Å². The van der Waals surface area contributed by atoms with Gasteiger partial charge in [0.1, 0.15) is 0 Å². The van der Waals surface area contributed by atoms with Crippen molar-refractivity contribution in [3.63, 3.8) is 0 Å². The van der Waals surface area contributed by atoms with Gasteiger partial charge in [-0.3, -0.25) is 14.3 Å². The molecule has 114 valence electrons. The van der Waals surface area contributed by atoms with Crippen LogP contribution >= 0.6 is 0 Å². The summed E-state index contributed by atoms with van der Waals surface area (Å²) in [6, 6.07) is 0.0549. The monoisotopic (exact) mass is 291 g/mol. The number of fused-ring (bicyclic) bond motifs is 1. The molecule has 1 saturated heterocycles. The molecule has 1 atom stereocenters. The maximum atomic E-state index is 12.8. The fourth-order valence-corrected chi connectivity index (χ4v) is 3.45. The minimum absolute atomic E-state index is 0.0354. The zero-order valence-electron chi connectivity index (χ0n) is 12.1. The Morgan fingerprint density at radius 3 is 2.95 bits per heavy atom. The Hall–Kier alpha value is -1.85. The lowest BCUT2D eigenvalue weighted by molar-refractivity contribution is -0.137. The fourth-order valence-electron chi connectivity index (χ4n) is 3.45. The highest BCUT2D eigenvalue weighted by Crippen LogP contribution is 2.26. The van der Waals surface area contributed by atoms with E-state index in [0.717, 1.165) is 56.5 Å². The second-order valence-electron chi connectivity index (χ2n) is 5.91. The van der Waals surface area contributed by atoms with E-state index in [9.17, 15) is 9.59 Å². The van der Waals surface area contributed by atoms with Crippen molar-refractivity contribution in [2.24, 2.45) is 0 Å². The van der Waals surface area contributed by atoms with Gasteiger partial charge in [-0.1, -0.05) is 0 Å². The van der Waals surface area contributed by atoms with Crippen LogP contribution in [0.1, 0.15) is 54.6 Å². The Morgan fingerprint density at radius 2 is 2.14 bits per heavy atom. The van der Waals surface area contributed by atoms with Crippen molar-refractivity contribution in [1.82, 2.24) is 14.7 Å². The summed E-state index contributed by atoms with van der Waals surface area (Å²) < 4.78 is 1.92. The third-order valence-electron chi connectivity index (χ3n) is 4.54. The number of hydrogen-bond donors (Lipinski definition) is 1. The first-order valence-corrected chi connectivity index (χ1v) is 7.74. The highest BCUT2D eigenvalue weighted by molar-refractivity contribution is 5.95. The molecule has 2 aliphatic rings. The van der Waals surface area contributed by atoms with Crippen LogP contribution in [0.25, 0.3) is 0 Å². The molecule has 6 nitrogen and oxygen atoms in total. The lowest BCUT2D eigenvalue weighted by Gasteiger charge is -2.35. The number of hydrogen-bond acceptors (Lipinski definition) is 3. The molecule has 0 saturated carbocycles. The van der Waals surface area contributed by atoms with Crippen molar-refractivity contribution in [1.29, 1.82) is 0 Å². The third-order valence-corrected chi connectivity index (χ3v) is 4.54. The molecule has 1 N–H and O–H groups in total. The lowest BCUT2D eigenvalue weighted by Crippen LogP contribution is -2.44. The topological polar surface area (TPSA) is 75.4 Å². The number of aliphatic carboxylic acids is 1. The first kappa shape index (κ1) is 14.1. The maximum Gasteiger partial charge on any atom is 0.303 e. The summed E-state index contributed by atoms with van der Waals surface area (Å²) in [6.07, 6.45) is 7.28. The molecule has 1 fully saturated rings. The molecule has 2 aliphatic heterocycles. The van der Waals surface area contributed by atoms with Crippen LogP contribution in [0.15, 0.2) is 6.20 Å². The van der Waals surface area contributed by atoms with Crippen LogP contribution in [0.2, 0.25) is 0 Å². The normalized spacial score (nSPS) is 21.3. The van der Waals surface area contributed by atoms with Gasteiger partial charge < -0.3 is 10.0 Å². The van der Waals surface area contributed by atoms with Gasteiger partial charge in [-0.25, -0.2) is 0 Å². The molecule has 0 bridgehead atoms. The Balaban J connectivity index is 1.75. The number of carboxylic acid groups (broad SMARTS) is 1. The van der Waals surface area contributed by atoms with E-state index in [1.165, 1.54) is 0 Å². The van der Waals surface area contributed by atoms with Crippen molar-refractivity contribution in [3.05, 3.63) is 17.5 Å². The molecule has 1 aromatic rings. The summed E-state index contributed by atoms with van der Waals surface area (Å²) in [5.74, 6) is -0.757. The largest absolute Gasteiger partial charge is 0.481 e. The molecule has 1 amide bonds. The first-order chi connectivity index (χ1) is 10.2. The molecule has 21 heavy (non-hydrogen) atoms. The van der Waals surface area contributed by atoms with Gasteiger partial charge in [0.25, 0.3) is 5.91 Å². The number of carboxylic acids is 1. The number of aryl methyl sites for hydroxylation is 1. The van der Waals surface area contributed by atoms with Gasteiger partial charge in [0, 0.05) is 25.6 Å². The molecule has 1 aromatic heterocycles. The summed E-state index contributed by atoms with van der Waals surface area (Å²) in [5, 5.41) is 13.1. The number of likely N-dealkylation sites (tertiary alicyclic amines) is 1. The van der Waals surface area contributed by atoms with Gasteiger partial charge in [-0.15, -0.1) is 0 Å². The van der Waals surface area contributed by atoms with Gasteiger partial charge in [0.15, 0.2) is 0 Å². The predicted molar refractivity (Wildman–Crippen MR) is 76.1 cm³/mol. The highest BCUT2D eigenvalue weighted by Gasteiger charge is 2.31. The molecule has 3 rings (SSSR count). The van der Waals surface area contributed by atoms with Crippen LogP contribution in [0.3, 0.4) is 0 Å². The lowest BCUT2D eigenvalue weighted by atomic mass is 9.97. The Morgan fingerprint density at radius 1 is 1.29 bits per heavy atom. The van der Waals surface area contributed by atoms with Crippen LogP contribution in [0, 0.1) is 0 Å². The standard InChI is InChI=1S/C15H21N3O3/c19-14(20)7-6-11-4-1-2-8-17(11)15(21)12-10-16-18-9-3-5-13(12)18/h10-11H,1-9H2,(H,19,20). The number of amides is 1. The number of carbonyl (C=O) groups is 2. The zero-order chi connectivity index (χ0) is 14.8. The van der Waals surface area contributed by atoms with Crippen LogP contribution in [-0.4, -0.2) is 44.3 Å². The van der Waals surface area contributed by atoms with Crippen LogP contribution in [0.4, 0.5) is 0 Å². The van der Waals surface area contributed by atoms with Crippen molar-refractivity contribution >= 4 is 11.9 Å². The molecule has 0 radical (unpaired) electrons. The molecule has 3 heterocycles. The van der Waals surface area contributed by atoms with Gasteiger partial charge in [0.2, 0.25) is 0 Å². The van der Waals surface area contributed by atoms with E-state index in [-0.39, 0.29) is 18.4 Å². The van der Waals surface area contributed by atoms with Gasteiger partial charge in [-0.05, 0) is 38.5 Å². The van der Waals surface area contributed by atoms with Crippen molar-refractivity contribution in [2.45, 2.75) is 57.5 Å². The number of rotatable bonds is 4. The van der Waals surface area contributed by atoms with Crippen molar-refractivity contribution < 1.29 is 14.7 Å². The number of carbonyl (C=O) groups excluding carboxylic acids is 1. The second-order valence-corrected chi connectivity index (χ2v) is 5.91. The van der Waals surface area contributed by atoms with E-state index < -0.39 is 5.97 Å². The number of aromatic nitrogens is 2. The fraction of sp³-hybridized carbons (Fsp3) is 0.667. The summed E-state index contributed by atoms with van der Waals surface area (Å²) >= 11 is 0. The molecule has 1 unspecified atom stereocenters. The first-order valence-electron chi connectivity index (χ1n) is 7.74. The molecular formula is C15H21N3O3. The van der Waals surface area contributed by atoms with Crippen LogP contribution in [-0.2, 0) is 17.8 Å². The minimum Gasteiger partial charge on any atom is -0.481 e. The summed E-state index contributed by atoms with van der Waals surface area (Å²) in [7, 11) is 0. The average molecular weight is 291 g/mol. The third kappa shape index (κ3) is 2.80. The van der Waals surface area contributed by atoms with E-state index in [2.05, 4.69) is 5.10 Å². The Kier molecular flexibility index (Phi) is 3.94. The van der Waals surface area contributed by atoms with E-state index in [0.29, 0.717) is 6.42 Å². The number of piperidine rings is 1.